The number of rotatable bonds is 3. The van der Waals surface area contributed by atoms with Crippen LogP contribution in [0, 0.1) is 0 Å². The Morgan fingerprint density at radius 3 is 2.62 bits per heavy atom. The lowest BCUT2D eigenvalue weighted by Crippen LogP contribution is -2.52. The molecule has 0 radical (unpaired) electrons. The number of benzene rings is 1. The Bertz CT molecular complexity index is 705. The van der Waals surface area contributed by atoms with Crippen LogP contribution < -0.4 is 4.90 Å². The van der Waals surface area contributed by atoms with E-state index in [1.54, 1.807) is 11.5 Å². The molecule has 128 valence electrons. The Hall–Kier alpha value is -1.70. The van der Waals surface area contributed by atoms with E-state index in [1.807, 2.05) is 11.0 Å². The summed E-state index contributed by atoms with van der Waals surface area (Å²) in [5.41, 5.74) is 1.06. The van der Waals surface area contributed by atoms with Crippen molar-refractivity contribution in [1.29, 1.82) is 0 Å². The topological polar surface area (TPSA) is 48.9 Å². The first kappa shape index (κ1) is 15.8. The highest BCUT2D eigenvalue weighted by Crippen LogP contribution is 2.31. The van der Waals surface area contributed by atoms with E-state index in [4.69, 9.17) is 4.74 Å². The summed E-state index contributed by atoms with van der Waals surface area (Å²) in [5.74, 6) is 0.241. The lowest BCUT2D eigenvalue weighted by atomic mass is 10.2. The molecule has 2 fully saturated rings. The molecule has 3 heterocycles. The van der Waals surface area contributed by atoms with Gasteiger partial charge in [-0.05, 0) is 23.7 Å². The zero-order valence-corrected chi connectivity index (χ0v) is 14.5. The van der Waals surface area contributed by atoms with Crippen LogP contribution in [0.1, 0.15) is 0 Å². The van der Waals surface area contributed by atoms with Crippen molar-refractivity contribution >= 4 is 33.3 Å². The smallest absolute Gasteiger partial charge is 0.236 e. The summed E-state index contributed by atoms with van der Waals surface area (Å²) in [6.45, 7) is 7.04. The van der Waals surface area contributed by atoms with Crippen molar-refractivity contribution in [3.63, 3.8) is 0 Å². The largest absolute Gasteiger partial charge is 0.379 e. The van der Waals surface area contributed by atoms with Crippen molar-refractivity contribution < 1.29 is 9.53 Å². The van der Waals surface area contributed by atoms with Gasteiger partial charge in [-0.1, -0.05) is 12.1 Å². The van der Waals surface area contributed by atoms with Crippen molar-refractivity contribution in [3.05, 3.63) is 24.3 Å². The first-order valence-electron chi connectivity index (χ1n) is 8.48. The van der Waals surface area contributed by atoms with Crippen LogP contribution in [0.3, 0.4) is 0 Å². The fourth-order valence-electron chi connectivity index (χ4n) is 3.31. The molecule has 2 aromatic rings. The SMILES string of the molecule is O=C(CN1CCOCC1)N1CCN(c2snc3ccccc23)CC1. The minimum Gasteiger partial charge on any atom is -0.379 e. The maximum Gasteiger partial charge on any atom is 0.236 e. The maximum atomic E-state index is 12.5. The molecule has 7 heteroatoms. The number of piperazine rings is 1. The molecule has 0 atom stereocenters. The summed E-state index contributed by atoms with van der Waals surface area (Å²) >= 11 is 1.56. The van der Waals surface area contributed by atoms with Gasteiger partial charge in [0.15, 0.2) is 0 Å². The molecule has 2 saturated heterocycles. The number of amides is 1. The highest BCUT2D eigenvalue weighted by molar-refractivity contribution is 7.11. The van der Waals surface area contributed by atoms with Crippen molar-refractivity contribution in [1.82, 2.24) is 14.2 Å². The number of carbonyl (C=O) groups is 1. The third-order valence-electron chi connectivity index (χ3n) is 4.75. The molecule has 6 nitrogen and oxygen atoms in total. The first-order valence-corrected chi connectivity index (χ1v) is 9.26. The van der Waals surface area contributed by atoms with Crippen LogP contribution in [0.5, 0.6) is 0 Å². The van der Waals surface area contributed by atoms with E-state index in [0.717, 1.165) is 58.0 Å². The van der Waals surface area contributed by atoms with Crippen LogP contribution in [0.15, 0.2) is 24.3 Å². The maximum absolute atomic E-state index is 12.5. The number of hydrogen-bond donors (Lipinski definition) is 0. The predicted molar refractivity (Wildman–Crippen MR) is 95.7 cm³/mol. The lowest BCUT2D eigenvalue weighted by molar-refractivity contribution is -0.133. The third-order valence-corrected chi connectivity index (χ3v) is 5.69. The molecule has 2 aliphatic rings. The molecule has 24 heavy (non-hydrogen) atoms. The fourth-order valence-corrected chi connectivity index (χ4v) is 4.23. The number of hydrogen-bond acceptors (Lipinski definition) is 6. The normalized spacial score (nSPS) is 19.8. The van der Waals surface area contributed by atoms with E-state index < -0.39 is 0 Å². The Balaban J connectivity index is 1.35. The highest BCUT2D eigenvalue weighted by Gasteiger charge is 2.25. The molecule has 0 spiro atoms. The monoisotopic (exact) mass is 346 g/mol. The van der Waals surface area contributed by atoms with Gasteiger partial charge in [0.2, 0.25) is 5.91 Å². The minimum atomic E-state index is 0.241. The Morgan fingerprint density at radius 2 is 1.83 bits per heavy atom. The molecular weight excluding hydrogens is 324 g/mol. The van der Waals surface area contributed by atoms with Crippen LogP contribution >= 0.6 is 11.5 Å². The Labute approximate surface area is 145 Å². The van der Waals surface area contributed by atoms with E-state index in [2.05, 4.69) is 32.4 Å². The third kappa shape index (κ3) is 3.24. The zero-order chi connectivity index (χ0) is 16.4. The van der Waals surface area contributed by atoms with Gasteiger partial charge in [-0.15, -0.1) is 0 Å². The fraction of sp³-hybridized carbons (Fsp3) is 0.529. The van der Waals surface area contributed by atoms with Gasteiger partial charge in [-0.2, -0.15) is 4.37 Å². The van der Waals surface area contributed by atoms with Crippen molar-refractivity contribution in [2.45, 2.75) is 0 Å². The molecule has 0 saturated carbocycles. The van der Waals surface area contributed by atoms with Gasteiger partial charge in [0, 0.05) is 44.7 Å². The van der Waals surface area contributed by atoms with Crippen LogP contribution in [-0.2, 0) is 9.53 Å². The quantitative estimate of drug-likeness (QED) is 0.838. The molecule has 4 rings (SSSR count). The summed E-state index contributed by atoms with van der Waals surface area (Å²) in [6.07, 6.45) is 0. The lowest BCUT2D eigenvalue weighted by Gasteiger charge is -2.36. The van der Waals surface area contributed by atoms with Crippen molar-refractivity contribution in [2.75, 3.05) is 63.9 Å². The van der Waals surface area contributed by atoms with Crippen LogP contribution in [0.2, 0.25) is 0 Å². The summed E-state index contributed by atoms with van der Waals surface area (Å²) in [4.78, 5) is 19.0. The summed E-state index contributed by atoms with van der Waals surface area (Å²) < 4.78 is 9.87. The van der Waals surface area contributed by atoms with Gasteiger partial charge in [0.1, 0.15) is 5.00 Å². The molecule has 0 aliphatic carbocycles. The highest BCUT2D eigenvalue weighted by atomic mass is 32.1. The summed E-state index contributed by atoms with van der Waals surface area (Å²) in [5, 5.41) is 2.45. The van der Waals surface area contributed by atoms with Crippen LogP contribution in [0.25, 0.3) is 10.9 Å². The van der Waals surface area contributed by atoms with E-state index >= 15 is 0 Å². The Kier molecular flexibility index (Phi) is 4.64. The standard InChI is InChI=1S/C17H22N4O2S/c22-16(13-19-9-11-23-12-10-19)20-5-7-21(8-6-20)17-14-3-1-2-4-15(14)18-24-17/h1-4H,5-13H2. The number of ether oxygens (including phenoxy) is 1. The molecule has 1 amide bonds. The second-order valence-electron chi connectivity index (χ2n) is 6.26. The van der Waals surface area contributed by atoms with Gasteiger partial charge in [0.25, 0.3) is 0 Å². The molecule has 2 aliphatic heterocycles. The van der Waals surface area contributed by atoms with Crippen molar-refractivity contribution in [3.8, 4) is 0 Å². The number of morpholine rings is 1. The van der Waals surface area contributed by atoms with Crippen LogP contribution in [-0.4, -0.2) is 79.1 Å². The number of aromatic nitrogens is 1. The predicted octanol–water partition coefficient (Wildman–Crippen LogP) is 1.28. The number of carbonyl (C=O) groups excluding carboxylic acids is 1. The molecule has 0 bridgehead atoms. The molecule has 0 N–H and O–H groups in total. The van der Waals surface area contributed by atoms with Crippen molar-refractivity contribution in [2.24, 2.45) is 0 Å². The first-order chi connectivity index (χ1) is 11.8. The summed E-state index contributed by atoms with van der Waals surface area (Å²) in [6, 6.07) is 8.26. The molecule has 1 aromatic carbocycles. The second-order valence-corrected chi connectivity index (χ2v) is 7.01. The number of fused-ring (bicyclic) bond motifs is 1. The average molecular weight is 346 g/mol. The molecule has 0 unspecified atom stereocenters. The van der Waals surface area contributed by atoms with Gasteiger partial charge in [0.05, 0.1) is 25.3 Å². The van der Waals surface area contributed by atoms with E-state index in [-0.39, 0.29) is 5.91 Å². The minimum absolute atomic E-state index is 0.241. The van der Waals surface area contributed by atoms with Gasteiger partial charge >= 0.3 is 0 Å². The van der Waals surface area contributed by atoms with E-state index in [9.17, 15) is 4.79 Å². The number of anilines is 1. The van der Waals surface area contributed by atoms with Gasteiger partial charge < -0.3 is 14.5 Å². The molecular formula is C17H22N4O2S. The van der Waals surface area contributed by atoms with Gasteiger partial charge in [-0.25, -0.2) is 0 Å². The average Bonchev–Trinajstić information content (AvgIpc) is 3.07. The summed E-state index contributed by atoms with van der Waals surface area (Å²) in [7, 11) is 0. The second kappa shape index (κ2) is 7.04. The van der Waals surface area contributed by atoms with Gasteiger partial charge in [-0.3, -0.25) is 9.69 Å². The van der Waals surface area contributed by atoms with E-state index in [0.29, 0.717) is 6.54 Å². The zero-order valence-electron chi connectivity index (χ0n) is 13.7. The Morgan fingerprint density at radius 1 is 1.08 bits per heavy atom. The van der Waals surface area contributed by atoms with E-state index in [1.165, 1.54) is 10.4 Å². The molecule has 1 aromatic heterocycles. The number of nitrogens with zero attached hydrogens (tertiary/aromatic N) is 4. The van der Waals surface area contributed by atoms with Crippen LogP contribution in [0.4, 0.5) is 5.00 Å².